The van der Waals surface area contributed by atoms with Crippen LogP contribution in [0.5, 0.6) is 0 Å². The Morgan fingerprint density at radius 2 is 1.93 bits per heavy atom. The van der Waals surface area contributed by atoms with E-state index in [0.29, 0.717) is 22.8 Å². The summed E-state index contributed by atoms with van der Waals surface area (Å²) in [4.78, 5) is 22.0. The Morgan fingerprint density at radius 1 is 1.17 bits per heavy atom. The van der Waals surface area contributed by atoms with Crippen LogP contribution in [0.15, 0.2) is 47.5 Å². The first-order chi connectivity index (χ1) is 14.3. The average Bonchev–Trinajstić information content (AvgIpc) is 3.34. The van der Waals surface area contributed by atoms with Crippen LogP contribution in [-0.4, -0.2) is 33.7 Å². The number of hydrogen-bond donors (Lipinski definition) is 1. The number of benzene rings is 1. The van der Waals surface area contributed by atoms with Crippen LogP contribution in [0.1, 0.15) is 16.2 Å². The van der Waals surface area contributed by atoms with Crippen LogP contribution in [0.4, 0.5) is 29.2 Å². The summed E-state index contributed by atoms with van der Waals surface area (Å²) in [6.45, 7) is 1.38. The average molecular weight is 439 g/mol. The van der Waals surface area contributed by atoms with E-state index in [4.69, 9.17) is 0 Å². The number of nitrogens with zero attached hydrogens (tertiary/aromatic N) is 4. The smallest absolute Gasteiger partial charge is 0.369 e. The number of alkyl halides is 3. The lowest BCUT2D eigenvalue weighted by Crippen LogP contribution is -2.30. The first kappa shape index (κ1) is 20.3. The van der Waals surface area contributed by atoms with E-state index < -0.39 is 16.7 Å². The highest BCUT2D eigenvalue weighted by Crippen LogP contribution is 2.34. The van der Waals surface area contributed by atoms with Gasteiger partial charge in [0.2, 0.25) is 5.95 Å². The minimum atomic E-state index is -4.40. The van der Waals surface area contributed by atoms with Gasteiger partial charge in [0, 0.05) is 29.7 Å². The zero-order valence-corrected chi connectivity index (χ0v) is 16.4. The molecule has 0 bridgehead atoms. The van der Waals surface area contributed by atoms with Gasteiger partial charge in [0.05, 0.1) is 6.54 Å². The van der Waals surface area contributed by atoms with Gasteiger partial charge >= 0.3 is 11.9 Å². The Labute approximate surface area is 172 Å². The van der Waals surface area contributed by atoms with Crippen molar-refractivity contribution in [1.82, 2.24) is 14.5 Å². The van der Waals surface area contributed by atoms with Crippen molar-refractivity contribution in [3.8, 4) is 0 Å². The topological polar surface area (TPSA) is 63.1 Å². The highest BCUT2D eigenvalue weighted by molar-refractivity contribution is 7.12. The maximum absolute atomic E-state index is 13.1. The molecular weight excluding hydrogens is 422 g/mol. The van der Waals surface area contributed by atoms with Crippen molar-refractivity contribution in [2.45, 2.75) is 25.2 Å². The number of thiophene rings is 1. The van der Waals surface area contributed by atoms with Crippen molar-refractivity contribution in [3.63, 3.8) is 0 Å². The molecule has 1 fully saturated rings. The van der Waals surface area contributed by atoms with Crippen molar-refractivity contribution in [2.24, 2.45) is 0 Å². The minimum absolute atomic E-state index is 0.0111. The van der Waals surface area contributed by atoms with Gasteiger partial charge in [-0.15, -0.1) is 11.3 Å². The van der Waals surface area contributed by atoms with Crippen LogP contribution >= 0.6 is 11.3 Å². The van der Waals surface area contributed by atoms with E-state index in [2.05, 4.69) is 20.2 Å². The third-order valence-electron chi connectivity index (χ3n) is 4.75. The quantitative estimate of drug-likeness (QED) is 0.616. The van der Waals surface area contributed by atoms with Gasteiger partial charge in [0.15, 0.2) is 0 Å². The van der Waals surface area contributed by atoms with E-state index in [9.17, 15) is 22.4 Å². The van der Waals surface area contributed by atoms with Crippen LogP contribution in [-0.2, 0) is 12.7 Å². The van der Waals surface area contributed by atoms with Crippen LogP contribution in [0.25, 0.3) is 0 Å². The first-order valence-electron chi connectivity index (χ1n) is 9.14. The third-order valence-corrected chi connectivity index (χ3v) is 5.86. The molecule has 6 nitrogen and oxygen atoms in total. The molecule has 1 saturated heterocycles. The van der Waals surface area contributed by atoms with Gasteiger partial charge in [0.25, 0.3) is 0 Å². The van der Waals surface area contributed by atoms with Crippen molar-refractivity contribution in [2.75, 3.05) is 23.3 Å². The molecule has 4 rings (SSSR count). The molecule has 158 valence electrons. The summed E-state index contributed by atoms with van der Waals surface area (Å²) >= 11 is 0.588. The third kappa shape index (κ3) is 4.61. The number of halogens is 4. The summed E-state index contributed by atoms with van der Waals surface area (Å²) in [5.74, 6) is -0.122. The van der Waals surface area contributed by atoms with E-state index in [-0.39, 0.29) is 24.4 Å². The molecule has 3 heterocycles. The Morgan fingerprint density at radius 3 is 2.60 bits per heavy atom. The van der Waals surface area contributed by atoms with E-state index in [1.54, 1.807) is 12.1 Å². The standard InChI is InChI=1S/C19H17F4N5OS/c20-12-1-3-14(4-2-12)27-8-7-13(9-27)25-17-24-11-28(18(29)26-17)10-15-5-6-16(30-15)19(21,22)23/h1-6,11,13H,7-10H2,(H,25,26,29). The van der Waals surface area contributed by atoms with E-state index >= 15 is 0 Å². The SMILES string of the molecule is O=c1nc(NC2CCN(c3ccc(F)cc3)C2)ncn1Cc1ccc(C(F)(F)F)s1. The summed E-state index contributed by atoms with van der Waals surface area (Å²) in [6.07, 6.45) is -2.34. The van der Waals surface area contributed by atoms with Gasteiger partial charge in [0.1, 0.15) is 17.0 Å². The fraction of sp³-hybridized carbons (Fsp3) is 0.316. The van der Waals surface area contributed by atoms with Gasteiger partial charge in [-0.3, -0.25) is 4.57 Å². The van der Waals surface area contributed by atoms with Crippen LogP contribution in [0.2, 0.25) is 0 Å². The van der Waals surface area contributed by atoms with Gasteiger partial charge < -0.3 is 10.2 Å². The molecule has 1 aliphatic rings. The highest BCUT2D eigenvalue weighted by atomic mass is 32.1. The fourth-order valence-electron chi connectivity index (χ4n) is 3.27. The second-order valence-electron chi connectivity index (χ2n) is 6.91. The molecule has 0 saturated carbocycles. The van der Waals surface area contributed by atoms with E-state index in [1.807, 2.05) is 0 Å². The zero-order chi connectivity index (χ0) is 21.3. The lowest BCUT2D eigenvalue weighted by atomic mass is 10.3. The van der Waals surface area contributed by atoms with Crippen LogP contribution in [0, 0.1) is 5.82 Å². The van der Waals surface area contributed by atoms with Gasteiger partial charge in [-0.25, -0.2) is 14.2 Å². The molecule has 30 heavy (non-hydrogen) atoms. The second kappa shape index (κ2) is 8.05. The molecule has 1 unspecified atom stereocenters. The maximum Gasteiger partial charge on any atom is 0.425 e. The number of aromatic nitrogens is 3. The van der Waals surface area contributed by atoms with Crippen molar-refractivity contribution in [3.05, 3.63) is 68.8 Å². The molecule has 0 aliphatic carbocycles. The van der Waals surface area contributed by atoms with Crippen molar-refractivity contribution >= 4 is 23.0 Å². The molecule has 1 aliphatic heterocycles. The first-order valence-corrected chi connectivity index (χ1v) is 9.96. The minimum Gasteiger partial charge on any atom is -0.369 e. The molecule has 1 atom stereocenters. The van der Waals surface area contributed by atoms with Crippen molar-refractivity contribution < 1.29 is 17.6 Å². The Bertz CT molecular complexity index is 1080. The van der Waals surface area contributed by atoms with E-state index in [1.165, 1.54) is 24.5 Å². The predicted molar refractivity (Wildman–Crippen MR) is 105 cm³/mol. The molecule has 0 radical (unpaired) electrons. The Kier molecular flexibility index (Phi) is 5.46. The number of rotatable bonds is 5. The fourth-order valence-corrected chi connectivity index (χ4v) is 4.14. The normalized spacial score (nSPS) is 16.8. The Balaban J connectivity index is 1.38. The predicted octanol–water partition coefficient (Wildman–Crippen LogP) is 3.60. The van der Waals surface area contributed by atoms with E-state index in [0.717, 1.165) is 29.3 Å². The molecule has 1 N–H and O–H groups in total. The molecule has 0 spiro atoms. The monoisotopic (exact) mass is 439 g/mol. The lowest BCUT2D eigenvalue weighted by molar-refractivity contribution is -0.134. The molecule has 1 aromatic carbocycles. The van der Waals surface area contributed by atoms with Gasteiger partial charge in [-0.05, 0) is 42.8 Å². The van der Waals surface area contributed by atoms with Crippen LogP contribution < -0.4 is 15.9 Å². The van der Waals surface area contributed by atoms with Gasteiger partial charge in [-0.1, -0.05) is 0 Å². The zero-order valence-electron chi connectivity index (χ0n) is 15.6. The lowest BCUT2D eigenvalue weighted by Gasteiger charge is -2.19. The summed E-state index contributed by atoms with van der Waals surface area (Å²) in [7, 11) is 0. The number of hydrogen-bond acceptors (Lipinski definition) is 6. The second-order valence-corrected chi connectivity index (χ2v) is 8.07. The summed E-state index contributed by atoms with van der Waals surface area (Å²) in [5.41, 5.74) is 0.314. The summed E-state index contributed by atoms with van der Waals surface area (Å²) < 4.78 is 52.4. The summed E-state index contributed by atoms with van der Waals surface area (Å²) in [5, 5.41) is 3.11. The maximum atomic E-state index is 13.1. The highest BCUT2D eigenvalue weighted by Gasteiger charge is 2.32. The number of nitrogens with one attached hydrogen (secondary N) is 1. The number of anilines is 2. The van der Waals surface area contributed by atoms with Gasteiger partial charge in [-0.2, -0.15) is 18.2 Å². The molecule has 2 aromatic heterocycles. The molecular formula is C19H17F4N5OS. The van der Waals surface area contributed by atoms with Crippen molar-refractivity contribution in [1.29, 1.82) is 0 Å². The molecule has 11 heteroatoms. The molecule has 3 aromatic rings. The van der Waals surface area contributed by atoms with Crippen LogP contribution in [0.3, 0.4) is 0 Å². The molecule has 0 amide bonds. The summed E-state index contributed by atoms with van der Waals surface area (Å²) in [6, 6.07) is 8.59. The largest absolute Gasteiger partial charge is 0.425 e. The Hall–Kier alpha value is -2.95.